The van der Waals surface area contributed by atoms with Gasteiger partial charge in [0.25, 0.3) is 0 Å². The Morgan fingerprint density at radius 1 is 1.17 bits per heavy atom. The molecule has 2 aliphatic heterocycles. The molecular weight excluding hydrogens is 368 g/mol. The lowest BCUT2D eigenvalue weighted by Gasteiger charge is -2.33. The maximum Gasteiger partial charge on any atom is 0.131 e. The van der Waals surface area contributed by atoms with Crippen molar-refractivity contribution < 1.29 is 9.47 Å². The lowest BCUT2D eigenvalue weighted by atomic mass is 10.1. The van der Waals surface area contributed by atoms with Crippen molar-refractivity contribution in [2.24, 2.45) is 0 Å². The van der Waals surface area contributed by atoms with Crippen LogP contribution in [0.1, 0.15) is 13.3 Å². The quantitative estimate of drug-likeness (QED) is 0.712. The zero-order valence-electron chi connectivity index (χ0n) is 16.7. The summed E-state index contributed by atoms with van der Waals surface area (Å²) in [7, 11) is 0. The van der Waals surface area contributed by atoms with E-state index < -0.39 is 0 Å². The highest BCUT2D eigenvalue weighted by atomic mass is 16.5. The van der Waals surface area contributed by atoms with E-state index in [1.807, 2.05) is 12.3 Å². The molecule has 152 valence electrons. The Balaban J connectivity index is 1.70. The predicted octanol–water partition coefficient (Wildman–Crippen LogP) is 2.47. The van der Waals surface area contributed by atoms with Gasteiger partial charge in [-0.25, -0.2) is 4.98 Å². The summed E-state index contributed by atoms with van der Waals surface area (Å²) in [6, 6.07) is 6.62. The molecule has 8 nitrogen and oxygen atoms in total. The number of morpholine rings is 1. The zero-order chi connectivity index (χ0) is 19.6. The number of H-pyrrole nitrogens is 1. The third-order valence-electron chi connectivity index (χ3n) is 5.78. The summed E-state index contributed by atoms with van der Waals surface area (Å²) in [6.07, 6.45) is 4.65. The molecule has 0 aliphatic carbocycles. The van der Waals surface area contributed by atoms with Crippen LogP contribution >= 0.6 is 0 Å². The van der Waals surface area contributed by atoms with E-state index in [4.69, 9.17) is 14.5 Å². The summed E-state index contributed by atoms with van der Waals surface area (Å²) in [4.78, 5) is 14.5. The summed E-state index contributed by atoms with van der Waals surface area (Å²) < 4.78 is 11.2. The van der Waals surface area contributed by atoms with Crippen molar-refractivity contribution in [3.63, 3.8) is 0 Å². The first-order chi connectivity index (χ1) is 14.3. The van der Waals surface area contributed by atoms with Crippen molar-refractivity contribution in [2.45, 2.75) is 19.4 Å². The van der Waals surface area contributed by atoms with Crippen LogP contribution in [0.4, 0.5) is 11.5 Å². The Labute approximate surface area is 169 Å². The van der Waals surface area contributed by atoms with Crippen LogP contribution in [0.5, 0.6) is 0 Å². The molecule has 0 aromatic carbocycles. The molecule has 8 heteroatoms. The number of nitrogens with one attached hydrogen (secondary N) is 1. The second-order valence-electron chi connectivity index (χ2n) is 7.43. The first-order valence-electron chi connectivity index (χ1n) is 10.3. The normalized spacial score (nSPS) is 19.8. The van der Waals surface area contributed by atoms with Gasteiger partial charge in [-0.2, -0.15) is 5.10 Å². The highest BCUT2D eigenvalue weighted by molar-refractivity contribution is 6.00. The van der Waals surface area contributed by atoms with Crippen LogP contribution in [0.25, 0.3) is 22.3 Å². The number of aromatic amines is 1. The number of likely N-dealkylation sites (N-methyl/N-ethyl adjacent to an activating group) is 1. The van der Waals surface area contributed by atoms with Crippen LogP contribution in [0.2, 0.25) is 0 Å². The molecule has 0 saturated carbocycles. The van der Waals surface area contributed by atoms with Crippen LogP contribution in [-0.2, 0) is 9.47 Å². The minimum Gasteiger partial charge on any atom is -0.379 e. The molecule has 29 heavy (non-hydrogen) atoms. The molecule has 5 heterocycles. The molecule has 1 atom stereocenters. The number of ether oxygens (including phenoxy) is 2. The smallest absolute Gasteiger partial charge is 0.131 e. The number of hydrogen-bond acceptors (Lipinski definition) is 7. The Bertz CT molecular complexity index is 965. The standard InChI is InChI=1S/C21H26N6O2/c1-2-27(15-5-10-29-14-15)18-13-19(26-8-11-28-12-9-26)24-20-16(18)3-6-22-21(20)17-4-7-23-25-17/h3-4,6-7,13,15H,2,5,8-12,14H2,1H3,(H,23,25)/t15-/m0/s1. The minimum atomic E-state index is 0.381. The molecule has 2 fully saturated rings. The van der Waals surface area contributed by atoms with Crippen LogP contribution in [0, 0.1) is 0 Å². The molecule has 3 aromatic rings. The highest BCUT2D eigenvalue weighted by Crippen LogP contribution is 2.36. The van der Waals surface area contributed by atoms with Gasteiger partial charge in [0.1, 0.15) is 17.0 Å². The molecule has 1 N–H and O–H groups in total. The summed E-state index contributed by atoms with van der Waals surface area (Å²) in [5, 5.41) is 8.26. The van der Waals surface area contributed by atoms with Crippen molar-refractivity contribution in [1.29, 1.82) is 0 Å². The van der Waals surface area contributed by atoms with Gasteiger partial charge < -0.3 is 19.3 Å². The maximum atomic E-state index is 5.69. The number of fused-ring (bicyclic) bond motifs is 1. The third-order valence-corrected chi connectivity index (χ3v) is 5.78. The highest BCUT2D eigenvalue weighted by Gasteiger charge is 2.26. The molecule has 0 radical (unpaired) electrons. The lowest BCUT2D eigenvalue weighted by molar-refractivity contribution is 0.122. The van der Waals surface area contributed by atoms with Crippen molar-refractivity contribution in [1.82, 2.24) is 20.2 Å². The molecule has 5 rings (SSSR count). The van der Waals surface area contributed by atoms with E-state index >= 15 is 0 Å². The van der Waals surface area contributed by atoms with Crippen molar-refractivity contribution in [2.75, 3.05) is 55.9 Å². The summed E-state index contributed by atoms with van der Waals surface area (Å²) in [6.45, 7) is 7.84. The van der Waals surface area contributed by atoms with Gasteiger partial charge in [0, 0.05) is 50.1 Å². The van der Waals surface area contributed by atoms with Gasteiger partial charge in [-0.1, -0.05) is 0 Å². The lowest BCUT2D eigenvalue weighted by Crippen LogP contribution is -2.38. The van der Waals surface area contributed by atoms with Gasteiger partial charge in [0.2, 0.25) is 0 Å². The van der Waals surface area contributed by atoms with Gasteiger partial charge in [0.05, 0.1) is 37.2 Å². The molecule has 2 saturated heterocycles. The Kier molecular flexibility index (Phi) is 5.03. The number of aromatic nitrogens is 4. The second kappa shape index (κ2) is 7.96. The van der Waals surface area contributed by atoms with Crippen LogP contribution < -0.4 is 9.80 Å². The van der Waals surface area contributed by atoms with E-state index in [1.54, 1.807) is 6.20 Å². The van der Waals surface area contributed by atoms with Crippen molar-refractivity contribution in [3.8, 4) is 11.4 Å². The van der Waals surface area contributed by atoms with E-state index in [1.165, 1.54) is 5.69 Å². The molecule has 0 amide bonds. The fourth-order valence-corrected chi connectivity index (χ4v) is 4.29. The van der Waals surface area contributed by atoms with Crippen molar-refractivity contribution >= 4 is 22.4 Å². The van der Waals surface area contributed by atoms with E-state index in [9.17, 15) is 0 Å². The van der Waals surface area contributed by atoms with Gasteiger partial charge >= 0.3 is 0 Å². The SMILES string of the molecule is CCN(c1cc(N2CCOCC2)nc2c(-c3ccn[nH]3)nccc12)[C@H]1CCOC1. The fraction of sp³-hybridized carbons (Fsp3) is 0.476. The summed E-state index contributed by atoms with van der Waals surface area (Å²) >= 11 is 0. The van der Waals surface area contributed by atoms with Crippen molar-refractivity contribution in [3.05, 3.63) is 30.6 Å². The number of hydrogen-bond donors (Lipinski definition) is 1. The molecule has 0 unspecified atom stereocenters. The Morgan fingerprint density at radius 2 is 2.07 bits per heavy atom. The van der Waals surface area contributed by atoms with Crippen LogP contribution in [0.15, 0.2) is 30.6 Å². The maximum absolute atomic E-state index is 5.69. The molecule has 3 aromatic heterocycles. The van der Waals surface area contributed by atoms with E-state index in [2.05, 4.69) is 44.0 Å². The minimum absolute atomic E-state index is 0.381. The summed E-state index contributed by atoms with van der Waals surface area (Å²) in [5.74, 6) is 0.974. The molecule has 0 bridgehead atoms. The summed E-state index contributed by atoms with van der Waals surface area (Å²) in [5.41, 5.74) is 3.79. The molecule has 0 spiro atoms. The van der Waals surface area contributed by atoms with Gasteiger partial charge in [-0.05, 0) is 25.5 Å². The Hall–Kier alpha value is -2.71. The average molecular weight is 394 g/mol. The topological polar surface area (TPSA) is 79.4 Å². The van der Waals surface area contributed by atoms with Gasteiger partial charge in [0.15, 0.2) is 0 Å². The van der Waals surface area contributed by atoms with E-state index in [-0.39, 0.29) is 0 Å². The molecular formula is C21H26N6O2. The Morgan fingerprint density at radius 3 is 2.79 bits per heavy atom. The fourth-order valence-electron chi connectivity index (χ4n) is 4.29. The van der Waals surface area contributed by atoms with Gasteiger partial charge in [-0.3, -0.25) is 10.1 Å². The number of nitrogens with zero attached hydrogens (tertiary/aromatic N) is 5. The zero-order valence-corrected chi connectivity index (χ0v) is 16.7. The van der Waals surface area contributed by atoms with Crippen LogP contribution in [-0.4, -0.2) is 72.3 Å². The predicted molar refractivity (Wildman–Crippen MR) is 112 cm³/mol. The third kappa shape index (κ3) is 3.42. The number of anilines is 2. The van der Waals surface area contributed by atoms with Gasteiger partial charge in [-0.15, -0.1) is 0 Å². The first-order valence-corrected chi connectivity index (χ1v) is 10.3. The van der Waals surface area contributed by atoms with Crippen LogP contribution in [0.3, 0.4) is 0 Å². The largest absolute Gasteiger partial charge is 0.379 e. The van der Waals surface area contributed by atoms with E-state index in [0.717, 1.165) is 80.6 Å². The number of rotatable bonds is 5. The monoisotopic (exact) mass is 394 g/mol. The average Bonchev–Trinajstić information content (AvgIpc) is 3.49. The number of pyridine rings is 2. The first kappa shape index (κ1) is 18.3. The molecule has 2 aliphatic rings. The second-order valence-corrected chi connectivity index (χ2v) is 7.43. The van der Waals surface area contributed by atoms with E-state index in [0.29, 0.717) is 6.04 Å².